The summed E-state index contributed by atoms with van der Waals surface area (Å²) in [6.45, 7) is 1.28. The van der Waals surface area contributed by atoms with Crippen LogP contribution in [-0.2, 0) is 9.59 Å². The van der Waals surface area contributed by atoms with Gasteiger partial charge in [0.25, 0.3) is 0 Å². The van der Waals surface area contributed by atoms with Crippen molar-refractivity contribution in [3.63, 3.8) is 0 Å². The fourth-order valence-electron chi connectivity index (χ4n) is 1.56. The second kappa shape index (κ2) is 7.45. The molecule has 1 heterocycles. The summed E-state index contributed by atoms with van der Waals surface area (Å²) >= 11 is 0.930. The molecule has 0 saturated carbocycles. The molecule has 2 aromatic rings. The molecule has 120 valence electrons. The van der Waals surface area contributed by atoms with Gasteiger partial charge in [-0.2, -0.15) is 0 Å². The van der Waals surface area contributed by atoms with Crippen molar-refractivity contribution in [2.75, 3.05) is 6.61 Å². The van der Waals surface area contributed by atoms with E-state index in [1.54, 1.807) is 31.2 Å². The van der Waals surface area contributed by atoms with Crippen LogP contribution in [0.2, 0.25) is 0 Å². The number of carbonyl (C=O) groups is 2. The van der Waals surface area contributed by atoms with E-state index in [1.807, 2.05) is 0 Å². The third kappa shape index (κ3) is 5.15. The van der Waals surface area contributed by atoms with Crippen LogP contribution in [0.25, 0.3) is 6.08 Å². The van der Waals surface area contributed by atoms with Gasteiger partial charge in [-0.25, -0.2) is 14.6 Å². The number of aromatic amines is 1. The smallest absolute Gasteiger partial charge is 0.342 e. The molecule has 1 aromatic carbocycles. The number of benzene rings is 1. The van der Waals surface area contributed by atoms with Gasteiger partial charge in [-0.3, -0.25) is 5.10 Å². The maximum absolute atomic E-state index is 11.3. The van der Waals surface area contributed by atoms with Crippen LogP contribution in [0, 0.1) is 6.92 Å². The number of carboxylic acid groups (broad SMARTS) is 2. The molecule has 0 unspecified atom stereocenters. The lowest BCUT2D eigenvalue weighted by Crippen LogP contribution is -2.09. The zero-order valence-corrected chi connectivity index (χ0v) is 12.8. The lowest BCUT2D eigenvalue weighted by molar-refractivity contribution is -0.139. The average Bonchev–Trinajstić information content (AvgIpc) is 2.91. The van der Waals surface area contributed by atoms with E-state index in [1.165, 1.54) is 6.08 Å². The Balaban J connectivity index is 2.12. The zero-order chi connectivity index (χ0) is 16.8. The third-order valence-electron chi connectivity index (χ3n) is 2.53. The summed E-state index contributed by atoms with van der Waals surface area (Å²) in [6.07, 6.45) is 1.47. The maximum Gasteiger partial charge on any atom is 0.342 e. The van der Waals surface area contributed by atoms with E-state index in [2.05, 4.69) is 15.2 Å². The molecule has 3 N–H and O–H groups in total. The highest BCUT2D eigenvalue weighted by Gasteiger charge is 2.13. The standard InChI is InChI=1S/C14H13N3O5S/c1-8-15-14(17-16-8)23-11(13(20)21)6-9-2-4-10(5-3-9)22-7-12(18)19/h2-6H,7H2,1H3,(H,18,19)(H,20,21)(H,15,16,17). The zero-order valence-electron chi connectivity index (χ0n) is 12.0. The minimum absolute atomic E-state index is 0.0585. The van der Waals surface area contributed by atoms with E-state index in [-0.39, 0.29) is 4.91 Å². The van der Waals surface area contributed by atoms with Crippen molar-refractivity contribution in [2.45, 2.75) is 12.1 Å². The number of hydrogen-bond donors (Lipinski definition) is 3. The van der Waals surface area contributed by atoms with Crippen LogP contribution in [0.5, 0.6) is 5.75 Å². The first kappa shape index (κ1) is 16.6. The van der Waals surface area contributed by atoms with Crippen molar-refractivity contribution in [3.05, 3.63) is 40.6 Å². The molecule has 0 fully saturated rings. The molecule has 0 spiro atoms. The number of nitrogens with zero attached hydrogens (tertiary/aromatic N) is 2. The first-order valence-corrected chi connectivity index (χ1v) is 7.22. The van der Waals surface area contributed by atoms with Crippen LogP contribution in [0.4, 0.5) is 0 Å². The Kier molecular flexibility index (Phi) is 5.36. The summed E-state index contributed by atoms with van der Waals surface area (Å²) in [7, 11) is 0. The van der Waals surface area contributed by atoms with E-state index in [9.17, 15) is 14.7 Å². The number of aromatic nitrogens is 3. The first-order chi connectivity index (χ1) is 10.9. The monoisotopic (exact) mass is 335 g/mol. The number of thioether (sulfide) groups is 1. The average molecular weight is 335 g/mol. The van der Waals surface area contributed by atoms with Gasteiger partial charge >= 0.3 is 11.9 Å². The van der Waals surface area contributed by atoms with Crippen molar-refractivity contribution < 1.29 is 24.5 Å². The largest absolute Gasteiger partial charge is 0.482 e. The molecule has 8 nitrogen and oxygen atoms in total. The number of nitrogens with one attached hydrogen (secondary N) is 1. The van der Waals surface area contributed by atoms with Gasteiger partial charge in [-0.05, 0) is 42.5 Å². The summed E-state index contributed by atoms with van der Waals surface area (Å²) in [5.74, 6) is -1.18. The molecule has 0 atom stereocenters. The Bertz CT molecular complexity index is 739. The number of ether oxygens (including phenoxy) is 1. The summed E-state index contributed by atoms with van der Waals surface area (Å²) in [6, 6.07) is 6.39. The highest BCUT2D eigenvalue weighted by Crippen LogP contribution is 2.26. The molecule has 0 amide bonds. The molecular weight excluding hydrogens is 322 g/mol. The molecule has 23 heavy (non-hydrogen) atoms. The van der Waals surface area contributed by atoms with Crippen LogP contribution in [0.15, 0.2) is 34.3 Å². The lowest BCUT2D eigenvalue weighted by Gasteiger charge is -2.04. The van der Waals surface area contributed by atoms with Gasteiger partial charge in [0.05, 0.1) is 0 Å². The fraction of sp³-hybridized carbons (Fsp3) is 0.143. The number of carboxylic acids is 2. The summed E-state index contributed by atoms with van der Waals surface area (Å²) in [5, 5.41) is 24.6. The van der Waals surface area contributed by atoms with Crippen LogP contribution in [0.3, 0.4) is 0 Å². The van der Waals surface area contributed by atoms with Gasteiger partial charge in [0, 0.05) is 0 Å². The lowest BCUT2D eigenvalue weighted by atomic mass is 10.2. The molecule has 0 aliphatic heterocycles. The van der Waals surface area contributed by atoms with E-state index in [0.717, 1.165) is 11.8 Å². The normalized spacial score (nSPS) is 11.3. The maximum atomic E-state index is 11.3. The number of rotatable bonds is 7. The van der Waals surface area contributed by atoms with E-state index >= 15 is 0 Å². The Morgan fingerprint density at radius 3 is 2.52 bits per heavy atom. The van der Waals surface area contributed by atoms with E-state index in [0.29, 0.717) is 22.3 Å². The Labute approximate surface area is 135 Å². The van der Waals surface area contributed by atoms with Gasteiger partial charge in [-0.1, -0.05) is 12.1 Å². The molecular formula is C14H13N3O5S. The number of H-pyrrole nitrogens is 1. The molecule has 9 heteroatoms. The highest BCUT2D eigenvalue weighted by molar-refractivity contribution is 8.04. The van der Waals surface area contributed by atoms with Crippen molar-refractivity contribution in [1.82, 2.24) is 15.2 Å². The molecule has 0 radical (unpaired) electrons. The van der Waals surface area contributed by atoms with Crippen LogP contribution >= 0.6 is 11.8 Å². The van der Waals surface area contributed by atoms with Crippen molar-refractivity contribution >= 4 is 29.8 Å². The SMILES string of the molecule is Cc1nc(SC(=Cc2ccc(OCC(=O)O)cc2)C(=O)O)n[nH]1. The van der Waals surface area contributed by atoms with E-state index in [4.69, 9.17) is 9.84 Å². The molecule has 0 aliphatic carbocycles. The third-order valence-corrected chi connectivity index (χ3v) is 3.41. The minimum Gasteiger partial charge on any atom is -0.482 e. The number of aliphatic carboxylic acids is 2. The fourth-order valence-corrected chi connectivity index (χ4v) is 2.31. The van der Waals surface area contributed by atoms with Gasteiger partial charge < -0.3 is 14.9 Å². The number of hydrogen-bond acceptors (Lipinski definition) is 6. The molecule has 1 aromatic heterocycles. The minimum atomic E-state index is -1.09. The Morgan fingerprint density at radius 2 is 2.00 bits per heavy atom. The predicted octanol–water partition coefficient (Wildman–Crippen LogP) is 1.79. The molecule has 2 rings (SSSR count). The Morgan fingerprint density at radius 1 is 1.30 bits per heavy atom. The summed E-state index contributed by atoms with van der Waals surface area (Å²) < 4.78 is 5.01. The quantitative estimate of drug-likeness (QED) is 0.516. The first-order valence-electron chi connectivity index (χ1n) is 6.40. The van der Waals surface area contributed by atoms with E-state index < -0.39 is 18.5 Å². The van der Waals surface area contributed by atoms with Gasteiger partial charge in [0.2, 0.25) is 5.16 Å². The van der Waals surface area contributed by atoms with Gasteiger partial charge in [-0.15, -0.1) is 5.10 Å². The molecule has 0 aliphatic rings. The van der Waals surface area contributed by atoms with Gasteiger partial charge in [0.1, 0.15) is 16.5 Å². The number of aryl methyl sites for hydroxylation is 1. The molecule has 0 saturated heterocycles. The van der Waals surface area contributed by atoms with Crippen LogP contribution in [-0.4, -0.2) is 43.9 Å². The summed E-state index contributed by atoms with van der Waals surface area (Å²) in [4.78, 5) is 25.8. The summed E-state index contributed by atoms with van der Waals surface area (Å²) in [5.41, 5.74) is 0.629. The van der Waals surface area contributed by atoms with Crippen molar-refractivity contribution in [2.24, 2.45) is 0 Å². The highest BCUT2D eigenvalue weighted by atomic mass is 32.2. The predicted molar refractivity (Wildman–Crippen MR) is 82.2 cm³/mol. The second-order valence-electron chi connectivity index (χ2n) is 4.37. The van der Waals surface area contributed by atoms with Gasteiger partial charge in [0.15, 0.2) is 6.61 Å². The molecule has 0 bridgehead atoms. The van der Waals surface area contributed by atoms with Crippen molar-refractivity contribution in [3.8, 4) is 5.75 Å². The second-order valence-corrected chi connectivity index (χ2v) is 5.38. The van der Waals surface area contributed by atoms with Crippen LogP contribution in [0.1, 0.15) is 11.4 Å². The van der Waals surface area contributed by atoms with Crippen LogP contribution < -0.4 is 4.74 Å². The Hall–Kier alpha value is -2.81. The van der Waals surface area contributed by atoms with Crippen molar-refractivity contribution in [1.29, 1.82) is 0 Å². The topological polar surface area (TPSA) is 125 Å².